The van der Waals surface area contributed by atoms with Crippen LogP contribution in [-0.4, -0.2) is 33.4 Å². The van der Waals surface area contributed by atoms with Crippen LogP contribution in [0.2, 0.25) is 0 Å². The van der Waals surface area contributed by atoms with Gasteiger partial charge in [-0.05, 0) is 26.7 Å². The first kappa shape index (κ1) is 16.0. The van der Waals surface area contributed by atoms with Gasteiger partial charge in [-0.1, -0.05) is 32.0 Å². The number of hydrogen-bond donors (Lipinski definition) is 1. The van der Waals surface area contributed by atoms with Gasteiger partial charge in [0.2, 0.25) is 5.95 Å². The van der Waals surface area contributed by atoms with Gasteiger partial charge in [0, 0.05) is 12.3 Å². The number of nitrogens with zero attached hydrogens (tertiary/aromatic N) is 3. The Kier molecular flexibility index (Phi) is 7.55. The van der Waals surface area contributed by atoms with Crippen molar-refractivity contribution in [2.45, 2.75) is 58.2 Å². The van der Waals surface area contributed by atoms with Crippen LogP contribution in [0.25, 0.3) is 0 Å². The lowest BCUT2D eigenvalue weighted by Gasteiger charge is -2.10. The van der Waals surface area contributed by atoms with Crippen LogP contribution >= 0.6 is 11.8 Å². The van der Waals surface area contributed by atoms with Crippen LogP contribution < -0.4 is 10.1 Å². The maximum Gasteiger partial charge on any atom is 0.322 e. The highest BCUT2D eigenvalue weighted by molar-refractivity contribution is 7.99. The molecule has 5 nitrogen and oxygen atoms in total. The molecule has 108 valence electrons. The Morgan fingerprint density at radius 3 is 2.58 bits per heavy atom. The van der Waals surface area contributed by atoms with E-state index in [1.807, 2.05) is 13.8 Å². The molecule has 0 amide bonds. The van der Waals surface area contributed by atoms with E-state index in [1.165, 1.54) is 6.42 Å². The fourth-order valence-corrected chi connectivity index (χ4v) is 2.20. The van der Waals surface area contributed by atoms with Crippen LogP contribution in [0.1, 0.15) is 47.0 Å². The molecule has 0 aliphatic rings. The third-order valence-electron chi connectivity index (χ3n) is 2.20. The van der Waals surface area contributed by atoms with Gasteiger partial charge in [-0.25, -0.2) is 0 Å². The van der Waals surface area contributed by atoms with Crippen LogP contribution in [-0.2, 0) is 0 Å². The molecule has 0 aromatic carbocycles. The zero-order valence-electron chi connectivity index (χ0n) is 12.3. The van der Waals surface area contributed by atoms with Gasteiger partial charge in [0.25, 0.3) is 0 Å². The summed E-state index contributed by atoms with van der Waals surface area (Å²) in [5.74, 6) is 1.63. The van der Waals surface area contributed by atoms with E-state index in [-0.39, 0.29) is 6.10 Å². The maximum absolute atomic E-state index is 5.57. The number of aromatic nitrogens is 3. The van der Waals surface area contributed by atoms with Gasteiger partial charge in [0.1, 0.15) is 0 Å². The van der Waals surface area contributed by atoms with Gasteiger partial charge in [-0.2, -0.15) is 15.0 Å². The molecule has 0 saturated heterocycles. The zero-order chi connectivity index (χ0) is 14.1. The Hall–Kier alpha value is -1.04. The summed E-state index contributed by atoms with van der Waals surface area (Å²) in [6.07, 6.45) is 3.43. The summed E-state index contributed by atoms with van der Waals surface area (Å²) in [4.78, 5) is 13.0. The molecule has 0 atom stereocenters. The normalized spacial score (nSPS) is 10.8. The summed E-state index contributed by atoms with van der Waals surface area (Å²) in [5.41, 5.74) is 0. The summed E-state index contributed by atoms with van der Waals surface area (Å²) < 4.78 is 5.57. The molecule has 0 saturated carbocycles. The average molecular weight is 284 g/mol. The van der Waals surface area contributed by atoms with Crippen LogP contribution in [0.15, 0.2) is 5.16 Å². The predicted octanol–water partition coefficient (Wildman–Crippen LogP) is 3.37. The minimum Gasteiger partial charge on any atom is -0.461 e. The molecular weight excluding hydrogens is 260 g/mol. The summed E-state index contributed by atoms with van der Waals surface area (Å²) in [7, 11) is 0. The monoisotopic (exact) mass is 284 g/mol. The Morgan fingerprint density at radius 1 is 1.16 bits per heavy atom. The molecule has 1 aromatic heterocycles. The molecule has 0 bridgehead atoms. The molecular formula is C13H24N4OS. The van der Waals surface area contributed by atoms with Gasteiger partial charge in [0.05, 0.1) is 6.10 Å². The lowest BCUT2D eigenvalue weighted by molar-refractivity contribution is 0.219. The van der Waals surface area contributed by atoms with Gasteiger partial charge < -0.3 is 10.1 Å². The standard InChI is InChI=1S/C13H24N4OS/c1-5-7-9-19-13-16-11(14-8-6-2)15-12(17-13)18-10(3)4/h10H,5-9H2,1-4H3,(H,14,15,16,17). The first-order chi connectivity index (χ1) is 9.15. The van der Waals surface area contributed by atoms with E-state index >= 15 is 0 Å². The number of ether oxygens (including phenoxy) is 1. The van der Waals surface area contributed by atoms with Gasteiger partial charge in [-0.3, -0.25) is 0 Å². The van der Waals surface area contributed by atoms with Gasteiger partial charge in [0.15, 0.2) is 5.16 Å². The third kappa shape index (κ3) is 6.61. The van der Waals surface area contributed by atoms with Crippen molar-refractivity contribution in [3.8, 4) is 6.01 Å². The number of anilines is 1. The van der Waals surface area contributed by atoms with E-state index < -0.39 is 0 Å². The fourth-order valence-electron chi connectivity index (χ4n) is 1.29. The number of nitrogens with one attached hydrogen (secondary N) is 1. The Labute approximate surface area is 120 Å². The van der Waals surface area contributed by atoms with Crippen LogP contribution in [0.3, 0.4) is 0 Å². The highest BCUT2D eigenvalue weighted by Crippen LogP contribution is 2.19. The van der Waals surface area contributed by atoms with Crippen LogP contribution in [0.4, 0.5) is 5.95 Å². The number of unbranched alkanes of at least 4 members (excludes halogenated alkanes) is 1. The lowest BCUT2D eigenvalue weighted by Crippen LogP contribution is -2.12. The molecule has 0 unspecified atom stereocenters. The molecule has 1 N–H and O–H groups in total. The summed E-state index contributed by atoms with van der Waals surface area (Å²) in [6.45, 7) is 9.07. The van der Waals surface area contributed by atoms with E-state index in [0.717, 1.165) is 30.3 Å². The highest BCUT2D eigenvalue weighted by Gasteiger charge is 2.09. The van der Waals surface area contributed by atoms with Crippen molar-refractivity contribution in [3.63, 3.8) is 0 Å². The zero-order valence-corrected chi connectivity index (χ0v) is 13.1. The van der Waals surface area contributed by atoms with Gasteiger partial charge in [-0.15, -0.1) is 0 Å². The van der Waals surface area contributed by atoms with Crippen molar-refractivity contribution < 1.29 is 4.74 Å². The minimum absolute atomic E-state index is 0.0647. The first-order valence-corrected chi connectivity index (χ1v) is 7.93. The van der Waals surface area contributed by atoms with E-state index in [1.54, 1.807) is 11.8 Å². The molecule has 1 rings (SSSR count). The molecule has 0 aliphatic heterocycles. The second-order valence-electron chi connectivity index (χ2n) is 4.52. The summed E-state index contributed by atoms with van der Waals surface area (Å²) >= 11 is 1.65. The van der Waals surface area contributed by atoms with Crippen LogP contribution in [0, 0.1) is 0 Å². The SMILES string of the molecule is CCCCSc1nc(NCCC)nc(OC(C)C)n1. The lowest BCUT2D eigenvalue weighted by atomic mass is 10.4. The molecule has 0 fully saturated rings. The van der Waals surface area contributed by atoms with E-state index in [4.69, 9.17) is 4.74 Å². The molecule has 1 heterocycles. The van der Waals surface area contributed by atoms with E-state index in [2.05, 4.69) is 34.1 Å². The number of rotatable bonds is 9. The Bertz CT molecular complexity index is 374. The number of thioether (sulfide) groups is 1. The first-order valence-electron chi connectivity index (χ1n) is 6.95. The average Bonchev–Trinajstić information content (AvgIpc) is 2.36. The van der Waals surface area contributed by atoms with Crippen molar-refractivity contribution in [2.24, 2.45) is 0 Å². The molecule has 19 heavy (non-hydrogen) atoms. The second kappa shape index (κ2) is 8.96. The quantitative estimate of drug-likeness (QED) is 0.554. The van der Waals surface area contributed by atoms with Crippen LogP contribution in [0.5, 0.6) is 6.01 Å². The van der Waals surface area contributed by atoms with E-state index in [9.17, 15) is 0 Å². The Morgan fingerprint density at radius 2 is 1.95 bits per heavy atom. The largest absolute Gasteiger partial charge is 0.461 e. The van der Waals surface area contributed by atoms with Crippen molar-refractivity contribution in [1.82, 2.24) is 15.0 Å². The fraction of sp³-hybridized carbons (Fsp3) is 0.769. The van der Waals surface area contributed by atoms with Crippen molar-refractivity contribution >= 4 is 17.7 Å². The summed E-state index contributed by atoms with van der Waals surface area (Å²) in [6, 6.07) is 0.405. The maximum atomic E-state index is 5.57. The molecule has 6 heteroatoms. The highest BCUT2D eigenvalue weighted by atomic mass is 32.2. The van der Waals surface area contributed by atoms with Gasteiger partial charge >= 0.3 is 6.01 Å². The topological polar surface area (TPSA) is 59.9 Å². The molecule has 0 radical (unpaired) electrons. The third-order valence-corrected chi connectivity index (χ3v) is 3.13. The van der Waals surface area contributed by atoms with Crippen molar-refractivity contribution in [3.05, 3.63) is 0 Å². The Balaban J connectivity index is 2.75. The predicted molar refractivity (Wildman–Crippen MR) is 80.0 cm³/mol. The minimum atomic E-state index is 0.0647. The van der Waals surface area contributed by atoms with E-state index in [0.29, 0.717) is 12.0 Å². The van der Waals surface area contributed by atoms with Crippen molar-refractivity contribution in [2.75, 3.05) is 17.6 Å². The second-order valence-corrected chi connectivity index (χ2v) is 5.58. The molecule has 0 spiro atoms. The van der Waals surface area contributed by atoms with Crippen molar-refractivity contribution in [1.29, 1.82) is 0 Å². The summed E-state index contributed by atoms with van der Waals surface area (Å²) in [5, 5.41) is 3.92. The molecule has 1 aromatic rings. The smallest absolute Gasteiger partial charge is 0.322 e. The number of hydrogen-bond acceptors (Lipinski definition) is 6. The molecule has 0 aliphatic carbocycles.